The molecule has 1 aromatic heterocycles. The van der Waals surface area contributed by atoms with Gasteiger partial charge in [0.25, 0.3) is 5.91 Å². The maximum absolute atomic E-state index is 12.6. The summed E-state index contributed by atoms with van der Waals surface area (Å²) in [6.45, 7) is 0.718. The number of amides is 1. The second-order valence-corrected chi connectivity index (χ2v) is 7.11. The number of pyridine rings is 1. The molecule has 2 unspecified atom stereocenters. The Balaban J connectivity index is 1.67. The monoisotopic (exact) mass is 398 g/mol. The fraction of sp³-hybridized carbons (Fsp3) is 0.409. The molecule has 2 N–H and O–H groups in total. The smallest absolute Gasteiger partial charge is 0.326 e. The number of carboxylic acid groups (broad SMARTS) is 1. The van der Waals surface area contributed by atoms with Gasteiger partial charge in [-0.25, -0.2) is 9.78 Å². The van der Waals surface area contributed by atoms with Gasteiger partial charge >= 0.3 is 5.97 Å². The first kappa shape index (κ1) is 20.8. The first-order valence-electron chi connectivity index (χ1n) is 9.77. The fourth-order valence-electron chi connectivity index (χ4n) is 3.71. The third-order valence-corrected chi connectivity index (χ3v) is 5.15. The van der Waals surface area contributed by atoms with Gasteiger partial charge in [0.05, 0.1) is 6.61 Å². The van der Waals surface area contributed by atoms with Crippen LogP contribution < -0.4 is 10.1 Å². The Morgan fingerprint density at radius 2 is 2.10 bits per heavy atom. The summed E-state index contributed by atoms with van der Waals surface area (Å²) in [5, 5.41) is 12.3. The van der Waals surface area contributed by atoms with Crippen molar-refractivity contribution in [1.29, 1.82) is 0 Å². The standard InChI is InChI=1S/C22H26N2O5/c1-28-11-12-29-20-14-17(9-10-23-20)21(25)24-19(22(26)27)13-16-7-4-6-15-5-2-3-8-18(15)16/h2-3,5,8-10,14,16,19H,4,6-7,11-13H2,1H3,(H,24,25)(H,26,27). The average molecular weight is 398 g/mol. The molecule has 1 aromatic carbocycles. The summed E-state index contributed by atoms with van der Waals surface area (Å²) < 4.78 is 10.3. The van der Waals surface area contributed by atoms with E-state index in [1.54, 1.807) is 7.11 Å². The summed E-state index contributed by atoms with van der Waals surface area (Å²) in [6, 6.07) is 10.2. The molecule has 0 spiro atoms. The van der Waals surface area contributed by atoms with Crippen molar-refractivity contribution < 1.29 is 24.2 Å². The third-order valence-electron chi connectivity index (χ3n) is 5.15. The van der Waals surface area contributed by atoms with Crippen LogP contribution in [0, 0.1) is 0 Å². The van der Waals surface area contributed by atoms with Crippen LogP contribution in [0.2, 0.25) is 0 Å². The van der Waals surface area contributed by atoms with Gasteiger partial charge in [-0.2, -0.15) is 0 Å². The Labute approximate surface area is 170 Å². The molecule has 7 nitrogen and oxygen atoms in total. The van der Waals surface area contributed by atoms with E-state index in [0.717, 1.165) is 19.3 Å². The van der Waals surface area contributed by atoms with E-state index in [1.165, 1.54) is 29.5 Å². The molecule has 0 aliphatic heterocycles. The van der Waals surface area contributed by atoms with Crippen LogP contribution >= 0.6 is 0 Å². The number of nitrogens with zero attached hydrogens (tertiary/aromatic N) is 1. The summed E-state index contributed by atoms with van der Waals surface area (Å²) in [4.78, 5) is 28.5. The summed E-state index contributed by atoms with van der Waals surface area (Å²) in [7, 11) is 1.57. The van der Waals surface area contributed by atoms with E-state index >= 15 is 0 Å². The highest BCUT2D eigenvalue weighted by atomic mass is 16.5. The Bertz CT molecular complexity index is 855. The number of rotatable bonds is 9. The van der Waals surface area contributed by atoms with Crippen molar-refractivity contribution >= 4 is 11.9 Å². The highest BCUT2D eigenvalue weighted by Gasteiger charge is 2.28. The van der Waals surface area contributed by atoms with E-state index in [9.17, 15) is 14.7 Å². The van der Waals surface area contributed by atoms with Crippen LogP contribution in [0.5, 0.6) is 5.88 Å². The number of hydrogen-bond acceptors (Lipinski definition) is 5. The molecule has 1 amide bonds. The van der Waals surface area contributed by atoms with Crippen LogP contribution in [-0.4, -0.2) is 48.3 Å². The summed E-state index contributed by atoms with van der Waals surface area (Å²) in [5.41, 5.74) is 2.77. The van der Waals surface area contributed by atoms with Gasteiger partial charge in [0.1, 0.15) is 12.6 Å². The molecule has 0 saturated heterocycles. The predicted octanol–water partition coefficient (Wildman–Crippen LogP) is 2.80. The van der Waals surface area contributed by atoms with Gasteiger partial charge < -0.3 is 19.9 Å². The third kappa shape index (κ3) is 5.54. The minimum absolute atomic E-state index is 0.117. The van der Waals surface area contributed by atoms with Crippen molar-refractivity contribution in [2.24, 2.45) is 0 Å². The predicted molar refractivity (Wildman–Crippen MR) is 107 cm³/mol. The van der Waals surface area contributed by atoms with Crippen molar-refractivity contribution in [3.63, 3.8) is 0 Å². The molecular formula is C22H26N2O5. The lowest BCUT2D eigenvalue weighted by Gasteiger charge is -2.28. The number of fused-ring (bicyclic) bond motifs is 1. The lowest BCUT2D eigenvalue weighted by atomic mass is 9.79. The van der Waals surface area contributed by atoms with Gasteiger partial charge in [0.15, 0.2) is 0 Å². The molecule has 3 rings (SSSR count). The second kappa shape index (κ2) is 10.0. The van der Waals surface area contributed by atoms with E-state index in [2.05, 4.69) is 22.4 Å². The van der Waals surface area contributed by atoms with Gasteiger partial charge in [-0.1, -0.05) is 24.3 Å². The highest BCUT2D eigenvalue weighted by molar-refractivity contribution is 5.96. The SMILES string of the molecule is COCCOc1cc(C(=O)NC(CC2CCCc3ccccc32)C(=O)O)ccn1. The lowest BCUT2D eigenvalue weighted by molar-refractivity contribution is -0.139. The van der Waals surface area contributed by atoms with Crippen LogP contribution in [0.1, 0.15) is 46.7 Å². The molecule has 0 saturated carbocycles. The molecular weight excluding hydrogens is 372 g/mol. The number of hydrogen-bond donors (Lipinski definition) is 2. The lowest BCUT2D eigenvalue weighted by Crippen LogP contribution is -2.42. The zero-order chi connectivity index (χ0) is 20.6. The van der Waals surface area contributed by atoms with Crippen molar-refractivity contribution in [2.75, 3.05) is 20.3 Å². The molecule has 2 aromatic rings. The largest absolute Gasteiger partial charge is 0.480 e. The molecule has 0 fully saturated rings. The number of benzene rings is 1. The number of carboxylic acids is 1. The van der Waals surface area contributed by atoms with E-state index in [-0.39, 0.29) is 5.92 Å². The molecule has 1 heterocycles. The normalized spacial score (nSPS) is 16.5. The first-order chi connectivity index (χ1) is 14.1. The quantitative estimate of drug-likeness (QED) is 0.631. The number of nitrogens with one attached hydrogen (secondary N) is 1. The highest BCUT2D eigenvalue weighted by Crippen LogP contribution is 2.34. The maximum atomic E-state index is 12.6. The Morgan fingerprint density at radius 1 is 1.28 bits per heavy atom. The van der Waals surface area contributed by atoms with E-state index in [4.69, 9.17) is 9.47 Å². The Morgan fingerprint density at radius 3 is 2.90 bits per heavy atom. The van der Waals surface area contributed by atoms with E-state index in [0.29, 0.717) is 31.1 Å². The van der Waals surface area contributed by atoms with Crippen LogP contribution in [0.4, 0.5) is 0 Å². The van der Waals surface area contributed by atoms with E-state index < -0.39 is 17.9 Å². The molecule has 1 aliphatic carbocycles. The zero-order valence-electron chi connectivity index (χ0n) is 16.5. The van der Waals surface area contributed by atoms with Gasteiger partial charge in [-0.15, -0.1) is 0 Å². The van der Waals surface area contributed by atoms with Crippen LogP contribution in [0.3, 0.4) is 0 Å². The molecule has 0 bridgehead atoms. The van der Waals surface area contributed by atoms with Gasteiger partial charge in [-0.05, 0) is 48.8 Å². The summed E-state index contributed by atoms with van der Waals surface area (Å²) >= 11 is 0. The van der Waals surface area contributed by atoms with Gasteiger partial charge in [0.2, 0.25) is 5.88 Å². The number of methoxy groups -OCH3 is 1. The Kier molecular flexibility index (Phi) is 7.19. The van der Waals surface area contributed by atoms with Crippen LogP contribution in [-0.2, 0) is 16.0 Å². The molecule has 154 valence electrons. The van der Waals surface area contributed by atoms with E-state index in [1.807, 2.05) is 12.1 Å². The van der Waals surface area contributed by atoms with Gasteiger partial charge in [-0.3, -0.25) is 4.79 Å². The number of aryl methyl sites for hydroxylation is 1. The maximum Gasteiger partial charge on any atom is 0.326 e. The average Bonchev–Trinajstić information content (AvgIpc) is 2.74. The van der Waals surface area contributed by atoms with Crippen LogP contribution in [0.25, 0.3) is 0 Å². The number of carbonyl (C=O) groups is 2. The number of aromatic nitrogens is 1. The topological polar surface area (TPSA) is 97.8 Å². The van der Waals surface area contributed by atoms with Crippen molar-refractivity contribution in [1.82, 2.24) is 10.3 Å². The van der Waals surface area contributed by atoms with Crippen molar-refractivity contribution in [3.8, 4) is 5.88 Å². The molecule has 0 radical (unpaired) electrons. The number of ether oxygens (including phenoxy) is 2. The molecule has 2 atom stereocenters. The van der Waals surface area contributed by atoms with Crippen LogP contribution in [0.15, 0.2) is 42.6 Å². The molecule has 7 heteroatoms. The molecule has 1 aliphatic rings. The zero-order valence-corrected chi connectivity index (χ0v) is 16.5. The number of aliphatic carboxylic acids is 1. The molecule has 29 heavy (non-hydrogen) atoms. The fourth-order valence-corrected chi connectivity index (χ4v) is 3.71. The minimum Gasteiger partial charge on any atom is -0.480 e. The number of carbonyl (C=O) groups excluding carboxylic acids is 1. The van der Waals surface area contributed by atoms with Crippen molar-refractivity contribution in [3.05, 3.63) is 59.3 Å². The van der Waals surface area contributed by atoms with Crippen molar-refractivity contribution in [2.45, 2.75) is 37.6 Å². The van der Waals surface area contributed by atoms with Gasteiger partial charge in [0, 0.05) is 24.9 Å². The minimum atomic E-state index is -1.04. The second-order valence-electron chi connectivity index (χ2n) is 7.11. The first-order valence-corrected chi connectivity index (χ1v) is 9.77. The summed E-state index contributed by atoms with van der Waals surface area (Å²) in [6.07, 6.45) is 4.78. The summed E-state index contributed by atoms with van der Waals surface area (Å²) in [5.74, 6) is -1.08. The Hall–Kier alpha value is -2.93.